The smallest absolute Gasteiger partial charge is 0.338 e. The van der Waals surface area contributed by atoms with E-state index in [1.54, 1.807) is 18.2 Å². The van der Waals surface area contributed by atoms with Gasteiger partial charge in [0.05, 0.1) is 27.7 Å². The topological polar surface area (TPSA) is 85.6 Å². The number of benzene rings is 2. The summed E-state index contributed by atoms with van der Waals surface area (Å²) < 4.78 is 41.0. The molecule has 2 N–H and O–H groups in total. The Kier molecular flexibility index (Phi) is 5.56. The first-order valence-corrected chi connectivity index (χ1v) is 10.2. The molecule has 0 atom stereocenters. The molecule has 0 unspecified atom stereocenters. The van der Waals surface area contributed by atoms with Gasteiger partial charge in [-0.3, -0.25) is 0 Å². The van der Waals surface area contributed by atoms with E-state index in [0.29, 0.717) is 36.6 Å². The molecular weight excluding hydrogens is 484 g/mol. The molecule has 1 aliphatic rings. The van der Waals surface area contributed by atoms with E-state index in [1.165, 1.54) is 25.4 Å². The monoisotopic (exact) mass is 497 g/mol. The summed E-state index contributed by atoms with van der Waals surface area (Å²) in [6.45, 7) is -3.14. The van der Waals surface area contributed by atoms with Gasteiger partial charge in [0.1, 0.15) is 23.8 Å². The molecular formula is C19H14BrF2N3O4S. The molecule has 0 radical (unpaired) electrons. The average Bonchev–Trinajstić information content (AvgIpc) is 3.16. The summed E-state index contributed by atoms with van der Waals surface area (Å²) in [5.74, 6) is -0.227. The zero-order valence-electron chi connectivity index (χ0n) is 15.4. The Morgan fingerprint density at radius 3 is 2.87 bits per heavy atom. The van der Waals surface area contributed by atoms with Gasteiger partial charge >= 0.3 is 12.5 Å². The number of hydrogen-bond donors (Lipinski definition) is 2. The maximum absolute atomic E-state index is 13.2. The Morgan fingerprint density at radius 1 is 1.33 bits per heavy atom. The third-order valence-electron chi connectivity index (χ3n) is 4.39. The number of carbonyl (C=O) groups is 1. The number of esters is 1. The fourth-order valence-electron chi connectivity index (χ4n) is 2.93. The van der Waals surface area contributed by atoms with Gasteiger partial charge in [0.15, 0.2) is 0 Å². The van der Waals surface area contributed by atoms with Crippen molar-refractivity contribution in [3.8, 4) is 22.6 Å². The molecule has 11 heteroatoms. The third kappa shape index (κ3) is 3.82. The first kappa shape index (κ1) is 20.5. The minimum absolute atomic E-state index is 0.0504. The van der Waals surface area contributed by atoms with Crippen molar-refractivity contribution in [3.05, 3.63) is 52.3 Å². The molecule has 7 nitrogen and oxygen atoms in total. The first-order valence-electron chi connectivity index (χ1n) is 8.54. The van der Waals surface area contributed by atoms with E-state index in [-0.39, 0.29) is 23.6 Å². The number of nitrogens with one attached hydrogen (secondary N) is 1. The quantitative estimate of drug-likeness (QED) is 0.371. The van der Waals surface area contributed by atoms with E-state index in [4.69, 9.17) is 9.47 Å². The second-order valence-electron chi connectivity index (χ2n) is 6.25. The number of halogens is 3. The van der Waals surface area contributed by atoms with Crippen molar-refractivity contribution in [3.63, 3.8) is 0 Å². The Bertz CT molecular complexity index is 1140. The van der Waals surface area contributed by atoms with Crippen LogP contribution in [0.2, 0.25) is 0 Å². The van der Waals surface area contributed by atoms with E-state index < -0.39 is 12.5 Å². The van der Waals surface area contributed by atoms with Crippen LogP contribution >= 0.6 is 27.9 Å². The Morgan fingerprint density at radius 2 is 2.13 bits per heavy atom. The minimum Gasteiger partial charge on any atom is -0.506 e. The summed E-state index contributed by atoms with van der Waals surface area (Å²) in [6, 6.07) is 7.96. The van der Waals surface area contributed by atoms with Crippen LogP contribution in [-0.2, 0) is 11.3 Å². The molecule has 0 saturated heterocycles. The summed E-state index contributed by atoms with van der Waals surface area (Å²) in [5.41, 5.74) is 1.88. The van der Waals surface area contributed by atoms with Gasteiger partial charge < -0.3 is 19.3 Å². The van der Waals surface area contributed by atoms with Crippen molar-refractivity contribution in [1.29, 1.82) is 0 Å². The summed E-state index contributed by atoms with van der Waals surface area (Å²) in [6.07, 6.45) is 1.20. The van der Waals surface area contributed by atoms with Gasteiger partial charge in [-0.25, -0.2) is 9.48 Å². The number of fused-ring (bicyclic) bond motifs is 6. The molecule has 1 aromatic heterocycles. The van der Waals surface area contributed by atoms with E-state index in [2.05, 4.69) is 25.8 Å². The average molecular weight is 498 g/mol. The number of cyclic esters (lactones) is 1. The van der Waals surface area contributed by atoms with Crippen LogP contribution in [-0.4, -0.2) is 28.0 Å². The van der Waals surface area contributed by atoms with E-state index in [0.717, 1.165) is 11.9 Å². The maximum atomic E-state index is 13.2. The molecule has 2 heterocycles. The molecule has 2 aromatic carbocycles. The molecule has 4 bridgehead atoms. The number of nitrogens with zero attached hydrogens (tertiary/aromatic N) is 2. The number of methoxy groups -OCH3 is 1. The predicted molar refractivity (Wildman–Crippen MR) is 110 cm³/mol. The number of aromatic nitrogens is 2. The van der Waals surface area contributed by atoms with Crippen LogP contribution in [0.5, 0.6) is 11.5 Å². The van der Waals surface area contributed by atoms with E-state index in [1.807, 2.05) is 0 Å². The molecule has 4 rings (SSSR count). The van der Waals surface area contributed by atoms with Crippen LogP contribution in [0, 0.1) is 0 Å². The second-order valence-corrected chi connectivity index (χ2v) is 7.95. The number of aromatic hydroxyl groups is 1. The summed E-state index contributed by atoms with van der Waals surface area (Å²) >= 11 is 4.28. The number of ether oxygens (including phenoxy) is 2. The van der Waals surface area contributed by atoms with Crippen LogP contribution in [0.15, 0.2) is 45.9 Å². The number of anilines is 1. The van der Waals surface area contributed by atoms with Gasteiger partial charge in [-0.15, -0.1) is 0 Å². The fraction of sp³-hybridized carbons (Fsp3) is 0.158. The largest absolute Gasteiger partial charge is 0.506 e. The summed E-state index contributed by atoms with van der Waals surface area (Å²) in [7, 11) is 1.50. The summed E-state index contributed by atoms with van der Waals surface area (Å²) in [4.78, 5) is 12.9. The van der Waals surface area contributed by atoms with Crippen molar-refractivity contribution in [1.82, 2.24) is 9.78 Å². The van der Waals surface area contributed by atoms with Gasteiger partial charge in [-0.2, -0.15) is 13.9 Å². The lowest BCUT2D eigenvalue weighted by molar-refractivity contribution is 0.0446. The zero-order chi connectivity index (χ0) is 21.4. The van der Waals surface area contributed by atoms with Crippen molar-refractivity contribution < 1.29 is 28.2 Å². The highest BCUT2D eigenvalue weighted by atomic mass is 79.9. The molecule has 3 aromatic rings. The molecule has 0 fully saturated rings. The number of hydrogen-bond acceptors (Lipinski definition) is 7. The van der Waals surface area contributed by atoms with Gasteiger partial charge in [0.2, 0.25) is 0 Å². The number of carbonyl (C=O) groups excluding carboxylic acids is 1. The molecule has 0 spiro atoms. The van der Waals surface area contributed by atoms with E-state index >= 15 is 0 Å². The van der Waals surface area contributed by atoms with Gasteiger partial charge in [0.25, 0.3) is 0 Å². The Balaban J connectivity index is 1.87. The van der Waals surface area contributed by atoms with Crippen LogP contribution < -0.4 is 9.46 Å². The van der Waals surface area contributed by atoms with Crippen LogP contribution in [0.3, 0.4) is 0 Å². The molecule has 0 amide bonds. The lowest BCUT2D eigenvalue weighted by atomic mass is 10.1. The fourth-order valence-corrected chi connectivity index (χ4v) is 4.29. The highest BCUT2D eigenvalue weighted by Gasteiger charge is 2.21. The highest BCUT2D eigenvalue weighted by Crippen LogP contribution is 2.40. The SMILES string of the molecule is COc1ccc2cc1NSc1cc(cc(Br)c1O)C(=O)OCc1nn(C(F)F)cc1-2. The Labute approximate surface area is 182 Å². The van der Waals surface area contributed by atoms with Gasteiger partial charge in [-0.1, -0.05) is 6.07 Å². The van der Waals surface area contributed by atoms with Crippen LogP contribution in [0.4, 0.5) is 14.5 Å². The first-order chi connectivity index (χ1) is 14.4. The normalized spacial score (nSPS) is 13.4. The van der Waals surface area contributed by atoms with Crippen molar-refractivity contribution >= 4 is 39.5 Å². The zero-order valence-corrected chi connectivity index (χ0v) is 17.8. The molecule has 30 heavy (non-hydrogen) atoms. The van der Waals surface area contributed by atoms with Gasteiger partial charge in [-0.05, 0) is 57.7 Å². The third-order valence-corrected chi connectivity index (χ3v) is 5.85. The Hall–Kier alpha value is -2.79. The molecule has 0 saturated carbocycles. The highest BCUT2D eigenvalue weighted by molar-refractivity contribution is 9.10. The van der Waals surface area contributed by atoms with Crippen LogP contribution in [0.1, 0.15) is 22.6 Å². The second kappa shape index (κ2) is 8.15. The van der Waals surface area contributed by atoms with Crippen molar-refractivity contribution in [2.24, 2.45) is 0 Å². The van der Waals surface area contributed by atoms with Crippen LogP contribution in [0.25, 0.3) is 11.1 Å². The van der Waals surface area contributed by atoms with Crippen molar-refractivity contribution in [2.45, 2.75) is 18.1 Å². The minimum atomic E-state index is -2.84. The van der Waals surface area contributed by atoms with Crippen molar-refractivity contribution in [2.75, 3.05) is 11.8 Å². The number of rotatable bonds is 2. The number of phenolic OH excluding ortho intramolecular Hbond substituents is 1. The lowest BCUT2D eigenvalue weighted by Gasteiger charge is -2.13. The standard InChI is InChI=1S/C19H14BrF2N3O4S/c1-28-15-3-2-9-5-13(15)24-30-16-6-10(4-12(20)17(16)26)18(27)29-8-14-11(9)7-25(23-14)19(21)22/h2-7,19,24,26H,8H2,1H3. The molecule has 156 valence electrons. The molecule has 0 aliphatic carbocycles. The maximum Gasteiger partial charge on any atom is 0.338 e. The molecule has 1 aliphatic heterocycles. The lowest BCUT2D eigenvalue weighted by Crippen LogP contribution is -2.07. The summed E-state index contributed by atoms with van der Waals surface area (Å²) in [5, 5.41) is 14.2. The predicted octanol–water partition coefficient (Wildman–Crippen LogP) is 5.21. The number of phenols is 1. The van der Waals surface area contributed by atoms with Gasteiger partial charge in [0, 0.05) is 11.8 Å². The number of alkyl halides is 2. The van der Waals surface area contributed by atoms with E-state index in [9.17, 15) is 18.7 Å².